The van der Waals surface area contributed by atoms with E-state index < -0.39 is 75.5 Å². The number of alkyl carbamates (subject to hydrolysis) is 2. The third-order valence-corrected chi connectivity index (χ3v) is 18.8. The Morgan fingerprint density at radius 2 is 0.762 bits per heavy atom. The van der Waals surface area contributed by atoms with Gasteiger partial charge in [0.25, 0.3) is 17.7 Å². The number of nitrogens with one attached hydrogen (secondary N) is 10. The molecule has 5 amide bonds. The third kappa shape index (κ3) is 45.0. The molecule has 126 heavy (non-hydrogen) atoms. The molecule has 0 heterocycles. The average Bonchev–Trinajstić information content (AvgIpc) is 0.854. The first-order valence-electron chi connectivity index (χ1n) is 39.8. The number of amides is 5. The molecule has 686 valence electrons. The zero-order valence-corrected chi connectivity index (χ0v) is 77.1. The first-order valence-corrected chi connectivity index (χ1v) is 43.8. The number of thioether (sulfide) groups is 3. The number of hydrogen-bond donors (Lipinski definition) is 19. The summed E-state index contributed by atoms with van der Waals surface area (Å²) < 4.78 is 19.9. The van der Waals surface area contributed by atoms with Crippen LogP contribution < -0.4 is 72.9 Å². The maximum atomic E-state index is 12.2. The summed E-state index contributed by atoms with van der Waals surface area (Å²) in [5.74, 6) is -4.81. The van der Waals surface area contributed by atoms with Crippen LogP contribution in [0.4, 0.5) is 32.3 Å². The Bertz CT molecular complexity index is 4700. The minimum absolute atomic E-state index is 0.0250. The molecule has 3 aliphatic carbocycles. The maximum Gasteiger partial charge on any atom is 0.407 e. The Kier molecular flexibility index (Phi) is 49.5. The molecule has 7 rings (SSSR count). The van der Waals surface area contributed by atoms with Gasteiger partial charge in [0.2, 0.25) is 11.9 Å². The summed E-state index contributed by atoms with van der Waals surface area (Å²) in [6.45, 7) is 22.4. The van der Waals surface area contributed by atoms with E-state index in [-0.39, 0.29) is 111 Å². The van der Waals surface area contributed by atoms with Gasteiger partial charge < -0.3 is 91.8 Å². The second-order valence-corrected chi connectivity index (χ2v) is 32.7. The highest BCUT2D eigenvalue weighted by Crippen LogP contribution is 2.25. The van der Waals surface area contributed by atoms with Gasteiger partial charge in [0.1, 0.15) is 11.2 Å². The van der Waals surface area contributed by atoms with Crippen LogP contribution >= 0.6 is 46.9 Å². The predicted molar refractivity (Wildman–Crippen MR) is 514 cm³/mol. The van der Waals surface area contributed by atoms with E-state index in [0.29, 0.717) is 29.2 Å². The number of halogens is 1. The second kappa shape index (κ2) is 56.7. The van der Waals surface area contributed by atoms with E-state index in [1.807, 2.05) is 109 Å². The first kappa shape index (κ1) is 110. The number of guanidine groups is 2. The predicted octanol–water partition coefficient (Wildman–Crippen LogP) is 10.1. The Hall–Kier alpha value is -12.1. The topological polar surface area (TPSA) is 693 Å². The lowest BCUT2D eigenvalue weighted by atomic mass is 9.91. The van der Waals surface area contributed by atoms with E-state index >= 15 is 0 Å². The summed E-state index contributed by atoms with van der Waals surface area (Å²) in [6.07, 6.45) is 15.7. The molecule has 0 radical (unpaired) electrons. The second-order valence-electron chi connectivity index (χ2n) is 29.9. The van der Waals surface area contributed by atoms with Gasteiger partial charge in [-0.3, -0.25) is 46.8 Å². The Labute approximate surface area is 753 Å². The molecule has 3 saturated carbocycles. The van der Waals surface area contributed by atoms with Crippen molar-refractivity contribution in [2.24, 2.45) is 96.5 Å². The van der Waals surface area contributed by atoms with E-state index in [0.717, 1.165) is 105 Å². The van der Waals surface area contributed by atoms with E-state index in [9.17, 15) is 33.6 Å². The molecule has 0 aromatic heterocycles. The molecule has 0 bridgehead atoms. The number of primary amides is 3. The van der Waals surface area contributed by atoms with E-state index in [2.05, 4.69) is 70.9 Å². The number of benzene rings is 4. The molecule has 0 saturated heterocycles. The number of carbonyl (C=O) groups is 7. The van der Waals surface area contributed by atoms with Crippen molar-refractivity contribution in [2.75, 3.05) is 42.6 Å². The first-order chi connectivity index (χ1) is 59.1. The molecule has 4 aromatic carbocycles. The molecule has 28 N–H and O–H groups in total. The number of carbonyl (C=O) groups excluding carboxylic acids is 7. The number of hydrogen-bond acceptors (Lipinski definition) is 26. The number of nitrogens with two attached hydrogens (primary N) is 9. The van der Waals surface area contributed by atoms with Crippen molar-refractivity contribution in [1.82, 2.24) is 10.6 Å². The van der Waals surface area contributed by atoms with Crippen molar-refractivity contribution in [1.29, 1.82) is 32.5 Å². The highest BCUT2D eigenvalue weighted by atomic mass is 35.5. The highest BCUT2D eigenvalue weighted by Gasteiger charge is 2.31. The molecular formula is C83H123ClN28O11S3. The number of rotatable bonds is 20. The molecule has 0 aliphatic heterocycles. The lowest BCUT2D eigenvalue weighted by Gasteiger charge is -2.30. The van der Waals surface area contributed by atoms with Gasteiger partial charge in [-0.15, -0.1) is 0 Å². The van der Waals surface area contributed by atoms with Crippen LogP contribution in [0.15, 0.2) is 142 Å². The Morgan fingerprint density at radius 1 is 0.429 bits per heavy atom. The fourth-order valence-electron chi connectivity index (χ4n) is 10.6. The summed E-state index contributed by atoms with van der Waals surface area (Å²) in [7, 11) is 0. The summed E-state index contributed by atoms with van der Waals surface area (Å²) in [5.41, 5.74) is 54.0. The molecule has 6 atom stereocenters. The largest absolute Gasteiger partial charge is 0.461 e. The van der Waals surface area contributed by atoms with Crippen LogP contribution in [-0.2, 0) is 42.9 Å². The molecule has 3 fully saturated rings. The van der Waals surface area contributed by atoms with Gasteiger partial charge in [-0.1, -0.05) is 156 Å². The number of ether oxygens (including phenoxy) is 4. The van der Waals surface area contributed by atoms with Crippen molar-refractivity contribution in [3.8, 4) is 0 Å². The zero-order chi connectivity index (χ0) is 95.1. The van der Waals surface area contributed by atoms with E-state index in [1.165, 1.54) is 23.5 Å². The van der Waals surface area contributed by atoms with Crippen LogP contribution in [0.2, 0.25) is 0 Å². The Balaban J connectivity index is 0.000000524. The normalized spacial score (nSPS) is 17.7. The van der Waals surface area contributed by atoms with Crippen LogP contribution in [0.3, 0.4) is 0 Å². The summed E-state index contributed by atoms with van der Waals surface area (Å²) in [5, 5.41) is 57.1. The van der Waals surface area contributed by atoms with Crippen molar-refractivity contribution in [3.63, 3.8) is 0 Å². The number of nitrogens with zero attached hydrogens (tertiary/aromatic N) is 9. The van der Waals surface area contributed by atoms with Crippen molar-refractivity contribution in [3.05, 3.63) is 119 Å². The minimum Gasteiger partial charge on any atom is -0.461 e. The van der Waals surface area contributed by atoms with Gasteiger partial charge in [0.15, 0.2) is 72.6 Å². The van der Waals surface area contributed by atoms with Gasteiger partial charge >= 0.3 is 24.1 Å². The van der Waals surface area contributed by atoms with Crippen LogP contribution in [-0.4, -0.2) is 206 Å². The molecule has 39 nitrogen and oxygen atoms in total. The molecule has 4 aromatic rings. The minimum atomic E-state index is -0.946. The van der Waals surface area contributed by atoms with Gasteiger partial charge in [-0.05, 0) is 189 Å². The number of aliphatic imine (C=N–C) groups is 9. The standard InChI is InChI=1S/C22H33N7O3.C17H25N7O.C14H18N4O2S.C12H15N5OS.C11H22N2O2.C7H10ClN3O2S/c1-13-9-11-14(12-10-13)26-19(17(23)18(24)30)29-20(25)27-15-7-5-6-8-16(15)28-21(31)32-22(2,3)4;1-10-6-8-11(9-7-10)22-16(14(19)15(20)25)24-17(21)23-13-5-3-2-4-12(13)18;1-4-20-13(19)11(15)12(18-14(16)21-3)17-10-7-5-9(2)6-8-10;1-7-3-5-8(6-4-7)16-11(9(13)10(14)18)17-12(15)19-2;1-11(2,3)15-10(14)13-9-7-5-4-6-8(9)12;1-3-13-6(12)4(9)5(8)11-7(10)14-2/h9-12,15-16,23H,5-8H2,1-4H3,(H2,24,30)(H,28,31)(H3,25,26,27,29);6-9,12-13,19H,2-5,18H2,1H3,(H2,20,25)(H3,21,22,23,24);5-8,15H,4H2,1-3H3,(H2,16,17,18);3-6,13H,1-2H3,(H2,14,18)(H2,15,16,17);8-9H,4-7,12H2,1-3H3,(H,13,14);9-10H,3H2,1-2H3/t15-,16+;12-,13+;;;8-,9+;/m10..1./s1. The molecule has 0 spiro atoms. The monoisotopic (exact) mass is 1820 g/mol. The number of aryl methyl sites for hydroxylation is 4. The van der Waals surface area contributed by atoms with Crippen molar-refractivity contribution in [2.45, 2.75) is 208 Å². The number of anilines is 2. The van der Waals surface area contributed by atoms with Crippen LogP contribution in [0.1, 0.15) is 155 Å². The van der Waals surface area contributed by atoms with Crippen molar-refractivity contribution >= 4 is 196 Å². The average molecular weight is 1820 g/mol. The van der Waals surface area contributed by atoms with E-state index in [4.69, 9.17) is 110 Å². The number of esters is 2. The molecule has 3 aliphatic rings. The van der Waals surface area contributed by atoms with Gasteiger partial charge in [-0.2, -0.15) is 9.98 Å². The fraction of sp³-hybridized carbons (Fsp3) is 0.446. The fourth-order valence-corrected chi connectivity index (χ4v) is 11.4. The van der Waals surface area contributed by atoms with E-state index in [1.54, 1.807) is 89.8 Å². The van der Waals surface area contributed by atoms with Crippen molar-refractivity contribution < 1.29 is 52.5 Å². The lowest BCUT2D eigenvalue weighted by Crippen LogP contribution is -2.50. The number of amidine groups is 7. The van der Waals surface area contributed by atoms with Crippen LogP contribution in [0.5, 0.6) is 0 Å². The maximum absolute atomic E-state index is 12.2. The summed E-state index contributed by atoms with van der Waals surface area (Å²) in [6, 6.07) is 28.7. The van der Waals surface area contributed by atoms with Crippen LogP contribution in [0, 0.1) is 60.2 Å². The highest BCUT2D eigenvalue weighted by molar-refractivity contribution is 8.13. The molecular weight excluding hydrogens is 1700 g/mol. The quantitative estimate of drug-likeness (QED) is 0.0169. The summed E-state index contributed by atoms with van der Waals surface area (Å²) in [4.78, 5) is 117. The molecule has 0 unspecified atom stereocenters. The Morgan fingerprint density at radius 3 is 1.12 bits per heavy atom. The van der Waals surface area contributed by atoms with Crippen LogP contribution in [0.25, 0.3) is 0 Å². The summed E-state index contributed by atoms with van der Waals surface area (Å²) >= 11 is 8.96. The lowest BCUT2D eigenvalue weighted by molar-refractivity contribution is -0.135. The molecule has 43 heteroatoms. The SMILES string of the molecule is CC(C)(C)OC(=O)N[C@H]1CCCC[C@H]1N.CCOC(=O)C(=N)C(Cl)=NC(=N)SC.CCOC(=O)C(=N)C(N=C(N)SC)=Nc1ccc(C)cc1.CSC(N)=NC(=Nc1ccc(C)cc1)C(=N)C(N)=O.Cc1ccc(NC(=NC(N)=N[C@@H]2CCCC[C@@H]2N)C(=N)C(N)=O)cc1.Cc1ccc(NC(=NC(N)=N[C@@H]2CCCC[C@@H]2NC(=O)OC(C)(C)C)C(=N)C(N)=O)cc1. The van der Waals surface area contributed by atoms with Gasteiger partial charge in [-0.25, -0.2) is 54.1 Å². The zero-order valence-electron chi connectivity index (χ0n) is 73.9. The van der Waals surface area contributed by atoms with Gasteiger partial charge in [0, 0.05) is 29.5 Å². The third-order valence-electron chi connectivity index (χ3n) is 17.0. The van der Waals surface area contributed by atoms with Gasteiger partial charge in [0.05, 0.1) is 42.7 Å². The smallest absolute Gasteiger partial charge is 0.407 e.